The summed E-state index contributed by atoms with van der Waals surface area (Å²) in [7, 11) is 0. The summed E-state index contributed by atoms with van der Waals surface area (Å²) >= 11 is 0. The number of aliphatic carboxylic acids is 1. The highest BCUT2D eigenvalue weighted by molar-refractivity contribution is 5.76. The molecule has 18 heavy (non-hydrogen) atoms. The van der Waals surface area contributed by atoms with E-state index in [4.69, 9.17) is 5.11 Å². The molecule has 0 radical (unpaired) electrons. The van der Waals surface area contributed by atoms with Crippen molar-refractivity contribution < 1.29 is 14.7 Å². The van der Waals surface area contributed by atoms with Gasteiger partial charge < -0.3 is 14.9 Å². The zero-order chi connectivity index (χ0) is 13.3. The minimum atomic E-state index is -0.770. The number of carboxylic acids is 1. The number of nitrogens with zero attached hydrogens (tertiary/aromatic N) is 2. The fourth-order valence-corrected chi connectivity index (χ4v) is 2.45. The van der Waals surface area contributed by atoms with Gasteiger partial charge in [0, 0.05) is 31.6 Å². The van der Waals surface area contributed by atoms with Crippen molar-refractivity contribution in [3.8, 4) is 0 Å². The van der Waals surface area contributed by atoms with Crippen molar-refractivity contribution in [2.24, 2.45) is 11.8 Å². The molecule has 1 N–H and O–H groups in total. The van der Waals surface area contributed by atoms with Gasteiger partial charge in [-0.2, -0.15) is 0 Å². The highest BCUT2D eigenvalue weighted by Crippen LogP contribution is 2.30. The average molecular weight is 254 g/mol. The Kier molecular flexibility index (Phi) is 3.78. The molecule has 5 heteroatoms. The van der Waals surface area contributed by atoms with Gasteiger partial charge in [-0.3, -0.25) is 4.79 Å². The molecule has 0 unspecified atom stereocenters. The van der Waals surface area contributed by atoms with Crippen LogP contribution in [0.15, 0.2) is 0 Å². The molecule has 2 rings (SSSR count). The van der Waals surface area contributed by atoms with E-state index in [1.54, 1.807) is 4.90 Å². The van der Waals surface area contributed by atoms with Crippen LogP contribution in [-0.2, 0) is 4.79 Å². The first kappa shape index (κ1) is 13.2. The molecule has 2 aliphatic rings. The highest BCUT2D eigenvalue weighted by atomic mass is 16.4. The third kappa shape index (κ3) is 3.15. The largest absolute Gasteiger partial charge is 0.481 e. The van der Waals surface area contributed by atoms with E-state index in [2.05, 4.69) is 13.8 Å². The molecule has 0 aromatic carbocycles. The van der Waals surface area contributed by atoms with Gasteiger partial charge >= 0.3 is 12.0 Å². The Bertz CT molecular complexity index is 333. The van der Waals surface area contributed by atoms with E-state index >= 15 is 0 Å². The van der Waals surface area contributed by atoms with Gasteiger partial charge in [-0.15, -0.1) is 0 Å². The van der Waals surface area contributed by atoms with Gasteiger partial charge in [0.25, 0.3) is 0 Å². The summed E-state index contributed by atoms with van der Waals surface area (Å²) in [6.07, 6.45) is 2.41. The number of carboxylic acid groups (broad SMARTS) is 1. The second-order valence-electron chi connectivity index (χ2n) is 5.93. The average Bonchev–Trinajstić information content (AvgIpc) is 3.01. The van der Waals surface area contributed by atoms with Crippen molar-refractivity contribution in [3.63, 3.8) is 0 Å². The molecular formula is C13H22N2O3. The van der Waals surface area contributed by atoms with Gasteiger partial charge in [0.15, 0.2) is 0 Å². The molecule has 1 heterocycles. The molecule has 1 aliphatic heterocycles. The Hall–Kier alpha value is -1.26. The molecule has 2 fully saturated rings. The second kappa shape index (κ2) is 5.16. The summed E-state index contributed by atoms with van der Waals surface area (Å²) in [5.41, 5.74) is 0. The van der Waals surface area contributed by atoms with Crippen molar-refractivity contribution in [2.75, 3.05) is 19.6 Å². The van der Waals surface area contributed by atoms with Crippen molar-refractivity contribution in [3.05, 3.63) is 0 Å². The maximum Gasteiger partial charge on any atom is 0.320 e. The minimum absolute atomic E-state index is 0.104. The van der Waals surface area contributed by atoms with Crippen LogP contribution >= 0.6 is 0 Å². The number of rotatable bonds is 5. The molecule has 0 atom stereocenters. The van der Waals surface area contributed by atoms with Crippen LogP contribution in [0.2, 0.25) is 0 Å². The van der Waals surface area contributed by atoms with E-state index in [0.717, 1.165) is 19.4 Å². The van der Waals surface area contributed by atoms with Gasteiger partial charge in [-0.25, -0.2) is 4.79 Å². The Labute approximate surface area is 108 Å². The van der Waals surface area contributed by atoms with Crippen molar-refractivity contribution in [1.82, 2.24) is 9.80 Å². The fourth-order valence-electron chi connectivity index (χ4n) is 2.45. The first-order valence-corrected chi connectivity index (χ1v) is 6.74. The summed E-state index contributed by atoms with van der Waals surface area (Å²) in [6.45, 7) is 6.25. The Morgan fingerprint density at radius 1 is 1.33 bits per heavy atom. The lowest BCUT2D eigenvalue weighted by atomic mass is 9.97. The molecule has 2 amide bonds. The lowest BCUT2D eigenvalue weighted by Crippen LogP contribution is -2.56. The fraction of sp³-hybridized carbons (Fsp3) is 0.846. The zero-order valence-corrected chi connectivity index (χ0v) is 11.1. The van der Waals surface area contributed by atoms with Gasteiger partial charge in [-0.05, 0) is 18.8 Å². The molecule has 0 aromatic rings. The van der Waals surface area contributed by atoms with E-state index in [-0.39, 0.29) is 18.4 Å². The molecule has 0 spiro atoms. The van der Waals surface area contributed by atoms with Crippen LogP contribution in [0.4, 0.5) is 4.79 Å². The molecule has 5 nitrogen and oxygen atoms in total. The molecule has 0 aromatic heterocycles. The molecule has 1 aliphatic carbocycles. The number of urea groups is 1. The summed E-state index contributed by atoms with van der Waals surface area (Å²) < 4.78 is 0. The quantitative estimate of drug-likeness (QED) is 0.811. The molecule has 0 bridgehead atoms. The van der Waals surface area contributed by atoms with Gasteiger partial charge in [0.1, 0.15) is 0 Å². The third-order valence-corrected chi connectivity index (χ3v) is 3.49. The lowest BCUT2D eigenvalue weighted by molar-refractivity contribution is -0.139. The molecule has 1 saturated heterocycles. The van der Waals surface area contributed by atoms with Crippen LogP contribution in [0, 0.1) is 11.8 Å². The Balaban J connectivity index is 1.81. The van der Waals surface area contributed by atoms with Crippen LogP contribution in [0.5, 0.6) is 0 Å². The number of carbonyl (C=O) groups excluding carboxylic acids is 1. The summed E-state index contributed by atoms with van der Waals surface area (Å²) in [5.74, 6) is -0.148. The first-order chi connectivity index (χ1) is 8.47. The topological polar surface area (TPSA) is 60.9 Å². The maximum atomic E-state index is 12.3. The number of hydrogen-bond donors (Lipinski definition) is 1. The van der Waals surface area contributed by atoms with Crippen LogP contribution in [-0.4, -0.2) is 52.6 Å². The Morgan fingerprint density at radius 3 is 2.39 bits per heavy atom. The van der Waals surface area contributed by atoms with Gasteiger partial charge in [0.05, 0.1) is 6.42 Å². The van der Waals surface area contributed by atoms with Crippen LogP contribution < -0.4 is 0 Å². The predicted molar refractivity (Wildman–Crippen MR) is 67.3 cm³/mol. The molecule has 102 valence electrons. The summed E-state index contributed by atoms with van der Waals surface area (Å²) in [5, 5.41) is 8.69. The van der Waals surface area contributed by atoms with Crippen molar-refractivity contribution in [1.29, 1.82) is 0 Å². The first-order valence-electron chi connectivity index (χ1n) is 6.74. The SMILES string of the molecule is CC(C)CN(C(=O)N1CC(CC(=O)O)C1)C1CC1. The standard InChI is InChI=1S/C13H22N2O3/c1-9(2)6-15(11-3-4-11)13(18)14-7-10(8-14)5-12(16)17/h9-11H,3-8H2,1-2H3,(H,16,17). The smallest absolute Gasteiger partial charge is 0.320 e. The zero-order valence-electron chi connectivity index (χ0n) is 11.1. The Morgan fingerprint density at radius 2 is 1.94 bits per heavy atom. The monoisotopic (exact) mass is 254 g/mol. The number of carbonyl (C=O) groups is 2. The summed E-state index contributed by atoms with van der Waals surface area (Å²) in [4.78, 5) is 26.6. The lowest BCUT2D eigenvalue weighted by Gasteiger charge is -2.42. The minimum Gasteiger partial charge on any atom is -0.481 e. The van der Waals surface area contributed by atoms with Crippen molar-refractivity contribution in [2.45, 2.75) is 39.2 Å². The number of likely N-dealkylation sites (tertiary alicyclic amines) is 1. The summed E-state index contributed by atoms with van der Waals surface area (Å²) in [6, 6.07) is 0.534. The highest BCUT2D eigenvalue weighted by Gasteiger charge is 2.39. The van der Waals surface area contributed by atoms with E-state index in [0.29, 0.717) is 25.0 Å². The van der Waals surface area contributed by atoms with E-state index < -0.39 is 5.97 Å². The molecular weight excluding hydrogens is 232 g/mol. The van der Waals surface area contributed by atoms with Crippen LogP contribution in [0.1, 0.15) is 33.1 Å². The van der Waals surface area contributed by atoms with Crippen molar-refractivity contribution >= 4 is 12.0 Å². The number of hydrogen-bond acceptors (Lipinski definition) is 2. The van der Waals surface area contributed by atoms with Gasteiger partial charge in [0.2, 0.25) is 0 Å². The van der Waals surface area contributed by atoms with E-state index in [9.17, 15) is 9.59 Å². The normalized spacial score (nSPS) is 19.8. The third-order valence-electron chi connectivity index (χ3n) is 3.49. The van der Waals surface area contributed by atoms with Gasteiger partial charge in [-0.1, -0.05) is 13.8 Å². The van der Waals surface area contributed by atoms with Crippen LogP contribution in [0.25, 0.3) is 0 Å². The second-order valence-corrected chi connectivity index (χ2v) is 5.93. The van der Waals surface area contributed by atoms with E-state index in [1.807, 2.05) is 4.90 Å². The molecule has 1 saturated carbocycles. The predicted octanol–water partition coefficient (Wildman–Crippen LogP) is 1.63. The van der Waals surface area contributed by atoms with E-state index in [1.165, 1.54) is 0 Å². The van der Waals surface area contributed by atoms with Crippen LogP contribution in [0.3, 0.4) is 0 Å². The number of amides is 2. The maximum absolute atomic E-state index is 12.3.